The molecule has 1 aromatic carbocycles. The third-order valence-electron chi connectivity index (χ3n) is 4.06. The number of hydrogen-bond donors (Lipinski definition) is 2. The zero-order valence-electron chi connectivity index (χ0n) is 12.2. The van der Waals surface area contributed by atoms with Crippen LogP contribution in [-0.2, 0) is 10.0 Å². The highest BCUT2D eigenvalue weighted by Gasteiger charge is 2.21. The van der Waals surface area contributed by atoms with Crippen molar-refractivity contribution in [2.75, 3.05) is 18.9 Å². The Morgan fingerprint density at radius 1 is 1.20 bits per heavy atom. The molecule has 2 N–H and O–H groups in total. The molecular formula is C15H24N2O2S. The summed E-state index contributed by atoms with van der Waals surface area (Å²) >= 11 is 0. The van der Waals surface area contributed by atoms with Gasteiger partial charge >= 0.3 is 0 Å². The highest BCUT2D eigenvalue weighted by atomic mass is 32.2. The molecule has 0 saturated heterocycles. The van der Waals surface area contributed by atoms with Crippen LogP contribution in [0, 0.1) is 11.8 Å². The fourth-order valence-electron chi connectivity index (χ4n) is 2.86. The molecule has 0 radical (unpaired) electrons. The van der Waals surface area contributed by atoms with Crippen molar-refractivity contribution in [3.63, 3.8) is 0 Å². The monoisotopic (exact) mass is 296 g/mol. The molecule has 2 unspecified atom stereocenters. The average Bonchev–Trinajstić information content (AvgIpc) is 2.45. The van der Waals surface area contributed by atoms with Crippen molar-refractivity contribution in [1.29, 1.82) is 0 Å². The minimum atomic E-state index is -3.38. The van der Waals surface area contributed by atoms with Gasteiger partial charge in [-0.3, -0.25) is 0 Å². The van der Waals surface area contributed by atoms with E-state index in [1.165, 1.54) is 12.8 Å². The Labute approximate surface area is 122 Å². The van der Waals surface area contributed by atoms with E-state index in [0.717, 1.165) is 18.5 Å². The van der Waals surface area contributed by atoms with Crippen LogP contribution in [0.5, 0.6) is 0 Å². The van der Waals surface area contributed by atoms with Gasteiger partial charge in [0.05, 0.1) is 4.90 Å². The SMILES string of the molecule is CNc1ccc(S(=O)(=O)NCC2CCCC(C)C2)cc1. The Balaban J connectivity index is 1.96. The van der Waals surface area contributed by atoms with Gasteiger partial charge < -0.3 is 5.32 Å². The first kappa shape index (κ1) is 15.3. The lowest BCUT2D eigenvalue weighted by Crippen LogP contribution is -2.31. The topological polar surface area (TPSA) is 58.2 Å². The third kappa shape index (κ3) is 3.96. The molecule has 2 atom stereocenters. The van der Waals surface area contributed by atoms with Crippen LogP contribution in [0.1, 0.15) is 32.6 Å². The molecule has 0 amide bonds. The predicted octanol–water partition coefficient (Wildman–Crippen LogP) is 2.83. The van der Waals surface area contributed by atoms with E-state index in [2.05, 4.69) is 17.0 Å². The molecule has 0 aliphatic heterocycles. The summed E-state index contributed by atoms with van der Waals surface area (Å²) in [5.74, 6) is 1.19. The highest BCUT2D eigenvalue weighted by molar-refractivity contribution is 7.89. The first-order chi connectivity index (χ1) is 9.51. The van der Waals surface area contributed by atoms with E-state index in [1.54, 1.807) is 24.3 Å². The molecule has 2 rings (SSSR count). The number of rotatable bonds is 5. The summed E-state index contributed by atoms with van der Waals surface area (Å²) in [6.45, 7) is 2.80. The summed E-state index contributed by atoms with van der Waals surface area (Å²) in [6.07, 6.45) is 4.74. The van der Waals surface area contributed by atoms with Crippen LogP contribution >= 0.6 is 0 Å². The predicted molar refractivity (Wildman–Crippen MR) is 82.3 cm³/mol. The Bertz CT molecular complexity index is 525. The number of nitrogens with one attached hydrogen (secondary N) is 2. The Morgan fingerprint density at radius 2 is 1.90 bits per heavy atom. The van der Waals surface area contributed by atoms with Gasteiger partial charge in [-0.2, -0.15) is 0 Å². The van der Waals surface area contributed by atoms with Gasteiger partial charge in [-0.1, -0.05) is 19.8 Å². The molecule has 20 heavy (non-hydrogen) atoms. The van der Waals surface area contributed by atoms with Crippen LogP contribution in [0.2, 0.25) is 0 Å². The van der Waals surface area contributed by atoms with E-state index >= 15 is 0 Å². The largest absolute Gasteiger partial charge is 0.388 e. The van der Waals surface area contributed by atoms with Crippen LogP contribution in [0.3, 0.4) is 0 Å². The molecule has 0 spiro atoms. The first-order valence-electron chi connectivity index (χ1n) is 7.29. The van der Waals surface area contributed by atoms with Gasteiger partial charge in [-0.05, 0) is 48.9 Å². The smallest absolute Gasteiger partial charge is 0.240 e. The number of hydrogen-bond acceptors (Lipinski definition) is 3. The van der Waals surface area contributed by atoms with E-state index in [-0.39, 0.29) is 0 Å². The van der Waals surface area contributed by atoms with E-state index in [0.29, 0.717) is 23.3 Å². The second-order valence-corrected chi connectivity index (χ2v) is 7.53. The third-order valence-corrected chi connectivity index (χ3v) is 5.50. The summed E-state index contributed by atoms with van der Waals surface area (Å²) in [5.41, 5.74) is 0.907. The summed E-state index contributed by atoms with van der Waals surface area (Å²) in [7, 11) is -1.57. The molecule has 5 heteroatoms. The van der Waals surface area contributed by atoms with Gasteiger partial charge in [0.25, 0.3) is 0 Å². The fraction of sp³-hybridized carbons (Fsp3) is 0.600. The van der Waals surface area contributed by atoms with Crippen LogP contribution in [-0.4, -0.2) is 22.0 Å². The molecule has 4 nitrogen and oxygen atoms in total. The molecule has 0 aromatic heterocycles. The zero-order valence-corrected chi connectivity index (χ0v) is 13.0. The molecule has 0 bridgehead atoms. The number of sulfonamides is 1. The summed E-state index contributed by atoms with van der Waals surface area (Å²) in [5, 5.41) is 2.98. The Kier molecular flexibility index (Phi) is 5.05. The van der Waals surface area contributed by atoms with Gasteiger partial charge in [0.15, 0.2) is 0 Å². The molecule has 1 saturated carbocycles. The quantitative estimate of drug-likeness (QED) is 0.878. The minimum Gasteiger partial charge on any atom is -0.388 e. The molecule has 0 heterocycles. The maximum Gasteiger partial charge on any atom is 0.240 e. The highest BCUT2D eigenvalue weighted by Crippen LogP contribution is 2.28. The molecule has 112 valence electrons. The molecular weight excluding hydrogens is 272 g/mol. The molecule has 1 fully saturated rings. The standard InChI is InChI=1S/C15H24N2O2S/c1-12-4-3-5-13(10-12)11-17-20(18,19)15-8-6-14(16-2)7-9-15/h6-9,12-13,16-17H,3-5,10-11H2,1-2H3. The lowest BCUT2D eigenvalue weighted by atomic mass is 9.83. The van der Waals surface area contributed by atoms with Gasteiger partial charge in [0.1, 0.15) is 0 Å². The van der Waals surface area contributed by atoms with Crippen molar-refractivity contribution in [2.24, 2.45) is 11.8 Å². The van der Waals surface area contributed by atoms with Crippen LogP contribution in [0.15, 0.2) is 29.2 Å². The van der Waals surface area contributed by atoms with Crippen LogP contribution in [0.25, 0.3) is 0 Å². The van der Waals surface area contributed by atoms with Crippen molar-refractivity contribution in [3.8, 4) is 0 Å². The number of anilines is 1. The minimum absolute atomic E-state index is 0.334. The molecule has 1 aliphatic carbocycles. The van der Waals surface area contributed by atoms with E-state index < -0.39 is 10.0 Å². The zero-order chi connectivity index (χ0) is 14.6. The fourth-order valence-corrected chi connectivity index (χ4v) is 3.97. The van der Waals surface area contributed by atoms with Crippen LogP contribution in [0.4, 0.5) is 5.69 Å². The van der Waals surface area contributed by atoms with Crippen molar-refractivity contribution in [3.05, 3.63) is 24.3 Å². The lowest BCUT2D eigenvalue weighted by Gasteiger charge is -2.26. The van der Waals surface area contributed by atoms with Crippen molar-refractivity contribution in [1.82, 2.24) is 4.72 Å². The van der Waals surface area contributed by atoms with E-state index in [1.807, 2.05) is 7.05 Å². The summed E-state index contributed by atoms with van der Waals surface area (Å²) in [4.78, 5) is 0.334. The summed E-state index contributed by atoms with van der Waals surface area (Å²) in [6, 6.07) is 6.82. The maximum atomic E-state index is 12.2. The average molecular weight is 296 g/mol. The maximum absolute atomic E-state index is 12.2. The Hall–Kier alpha value is -1.07. The van der Waals surface area contributed by atoms with E-state index in [4.69, 9.17) is 0 Å². The van der Waals surface area contributed by atoms with Crippen molar-refractivity contribution >= 4 is 15.7 Å². The summed E-state index contributed by atoms with van der Waals surface area (Å²) < 4.78 is 27.2. The molecule has 1 aliphatic rings. The van der Waals surface area contributed by atoms with Crippen LogP contribution < -0.4 is 10.0 Å². The molecule has 1 aromatic rings. The first-order valence-corrected chi connectivity index (χ1v) is 8.77. The van der Waals surface area contributed by atoms with Crippen molar-refractivity contribution < 1.29 is 8.42 Å². The van der Waals surface area contributed by atoms with Gasteiger partial charge in [-0.25, -0.2) is 13.1 Å². The lowest BCUT2D eigenvalue weighted by molar-refractivity contribution is 0.283. The van der Waals surface area contributed by atoms with E-state index in [9.17, 15) is 8.42 Å². The second kappa shape index (κ2) is 6.59. The van der Waals surface area contributed by atoms with Gasteiger partial charge in [0.2, 0.25) is 10.0 Å². The second-order valence-electron chi connectivity index (χ2n) is 5.76. The van der Waals surface area contributed by atoms with Gasteiger partial charge in [-0.15, -0.1) is 0 Å². The number of benzene rings is 1. The van der Waals surface area contributed by atoms with Crippen molar-refractivity contribution in [2.45, 2.75) is 37.5 Å². The Morgan fingerprint density at radius 3 is 2.50 bits per heavy atom. The van der Waals surface area contributed by atoms with Gasteiger partial charge in [0, 0.05) is 19.3 Å². The normalized spacial score (nSPS) is 23.5.